The maximum atomic E-state index is 12.6. The molecule has 3 rings (SSSR count). The Bertz CT molecular complexity index is 750. The summed E-state index contributed by atoms with van der Waals surface area (Å²) in [5.41, 5.74) is 3.21. The Kier molecular flexibility index (Phi) is 5.33. The lowest BCUT2D eigenvalue weighted by Gasteiger charge is -2.36. The average Bonchev–Trinajstić information content (AvgIpc) is 2.93. The molecule has 1 atom stereocenters. The molecular formula is C19H25ClN4O. The van der Waals surface area contributed by atoms with E-state index in [1.165, 1.54) is 0 Å². The predicted molar refractivity (Wildman–Crippen MR) is 101 cm³/mol. The number of carbonyl (C=O) groups is 1. The zero-order chi connectivity index (χ0) is 18.0. The van der Waals surface area contributed by atoms with Crippen LogP contribution in [0.4, 0.5) is 5.69 Å². The number of hydrogen-bond acceptors (Lipinski definition) is 3. The maximum Gasteiger partial charge on any atom is 0.224 e. The number of halogens is 1. The average molecular weight is 361 g/mol. The minimum absolute atomic E-state index is 0.0761. The number of carbonyl (C=O) groups excluding carboxylic acids is 1. The van der Waals surface area contributed by atoms with Crippen LogP contribution in [0.5, 0.6) is 0 Å². The van der Waals surface area contributed by atoms with Gasteiger partial charge in [0.1, 0.15) is 0 Å². The van der Waals surface area contributed by atoms with Crippen molar-refractivity contribution < 1.29 is 4.79 Å². The van der Waals surface area contributed by atoms with E-state index in [0.29, 0.717) is 6.42 Å². The third-order valence-electron chi connectivity index (χ3n) is 4.74. The monoisotopic (exact) mass is 360 g/mol. The molecule has 0 N–H and O–H groups in total. The molecule has 0 unspecified atom stereocenters. The number of aryl methyl sites for hydroxylation is 2. The van der Waals surface area contributed by atoms with E-state index in [9.17, 15) is 4.79 Å². The molecule has 1 aliphatic heterocycles. The second kappa shape index (κ2) is 7.48. The van der Waals surface area contributed by atoms with Crippen molar-refractivity contribution in [1.82, 2.24) is 14.7 Å². The molecule has 25 heavy (non-hydrogen) atoms. The number of aromatic nitrogens is 2. The van der Waals surface area contributed by atoms with E-state index in [1.807, 2.05) is 47.7 Å². The van der Waals surface area contributed by atoms with Crippen LogP contribution in [0.15, 0.2) is 30.3 Å². The number of hydrogen-bond donors (Lipinski definition) is 0. The van der Waals surface area contributed by atoms with Crippen LogP contribution in [-0.4, -0.2) is 46.8 Å². The van der Waals surface area contributed by atoms with Crippen molar-refractivity contribution in [2.24, 2.45) is 0 Å². The largest absolute Gasteiger partial charge is 0.368 e. The van der Waals surface area contributed by atoms with Gasteiger partial charge in [0.2, 0.25) is 5.91 Å². The highest BCUT2D eigenvalue weighted by atomic mass is 35.5. The van der Waals surface area contributed by atoms with Crippen molar-refractivity contribution in [2.75, 3.05) is 31.1 Å². The lowest BCUT2D eigenvalue weighted by Crippen LogP contribution is -2.49. The molecule has 0 radical (unpaired) electrons. The molecule has 0 aliphatic carbocycles. The first-order valence-electron chi connectivity index (χ1n) is 8.75. The van der Waals surface area contributed by atoms with Crippen LogP contribution in [0.1, 0.15) is 30.8 Å². The van der Waals surface area contributed by atoms with E-state index in [1.54, 1.807) is 0 Å². The van der Waals surface area contributed by atoms with Crippen LogP contribution >= 0.6 is 11.6 Å². The van der Waals surface area contributed by atoms with Crippen LogP contribution in [0.3, 0.4) is 0 Å². The number of amides is 1. The second-order valence-corrected chi connectivity index (χ2v) is 7.21. The van der Waals surface area contributed by atoms with Gasteiger partial charge in [-0.15, -0.1) is 0 Å². The first-order valence-corrected chi connectivity index (χ1v) is 9.13. The van der Waals surface area contributed by atoms with Crippen molar-refractivity contribution in [3.63, 3.8) is 0 Å². The third kappa shape index (κ3) is 4.15. The summed E-state index contributed by atoms with van der Waals surface area (Å²) in [4.78, 5) is 16.9. The first kappa shape index (κ1) is 17.8. The van der Waals surface area contributed by atoms with Crippen LogP contribution < -0.4 is 4.90 Å². The summed E-state index contributed by atoms with van der Waals surface area (Å²) in [5.74, 6) is 0.200. The molecule has 1 aromatic heterocycles. The number of piperazine rings is 1. The summed E-state index contributed by atoms with van der Waals surface area (Å²) in [7, 11) is 0. The van der Waals surface area contributed by atoms with Crippen molar-refractivity contribution in [1.29, 1.82) is 0 Å². The molecule has 0 bridgehead atoms. The summed E-state index contributed by atoms with van der Waals surface area (Å²) < 4.78 is 1.95. The Morgan fingerprint density at radius 2 is 1.92 bits per heavy atom. The number of nitrogens with zero attached hydrogens (tertiary/aromatic N) is 4. The van der Waals surface area contributed by atoms with Gasteiger partial charge < -0.3 is 9.80 Å². The predicted octanol–water partition coefficient (Wildman–Crippen LogP) is 3.45. The van der Waals surface area contributed by atoms with Gasteiger partial charge in [-0.2, -0.15) is 5.10 Å². The van der Waals surface area contributed by atoms with E-state index >= 15 is 0 Å². The van der Waals surface area contributed by atoms with Crippen molar-refractivity contribution in [2.45, 2.75) is 33.2 Å². The van der Waals surface area contributed by atoms with Crippen molar-refractivity contribution in [3.8, 4) is 0 Å². The van der Waals surface area contributed by atoms with E-state index < -0.39 is 0 Å². The van der Waals surface area contributed by atoms with Crippen molar-refractivity contribution >= 4 is 23.2 Å². The van der Waals surface area contributed by atoms with Gasteiger partial charge in [-0.3, -0.25) is 9.48 Å². The third-order valence-corrected chi connectivity index (χ3v) is 4.97. The fraction of sp³-hybridized carbons (Fsp3) is 0.474. The van der Waals surface area contributed by atoms with Gasteiger partial charge in [-0.1, -0.05) is 17.7 Å². The zero-order valence-electron chi connectivity index (χ0n) is 15.1. The summed E-state index contributed by atoms with van der Waals surface area (Å²) in [5, 5.41) is 5.24. The zero-order valence-corrected chi connectivity index (χ0v) is 15.8. The highest BCUT2D eigenvalue weighted by molar-refractivity contribution is 6.30. The normalized spacial score (nSPS) is 16.2. The minimum Gasteiger partial charge on any atom is -0.368 e. The molecular weight excluding hydrogens is 336 g/mol. The molecule has 2 aromatic rings. The van der Waals surface area contributed by atoms with E-state index in [2.05, 4.69) is 23.0 Å². The molecule has 5 nitrogen and oxygen atoms in total. The van der Waals surface area contributed by atoms with Gasteiger partial charge in [-0.25, -0.2) is 0 Å². The molecule has 0 saturated carbocycles. The van der Waals surface area contributed by atoms with Crippen LogP contribution in [-0.2, 0) is 4.79 Å². The van der Waals surface area contributed by atoms with E-state index in [0.717, 1.165) is 48.3 Å². The summed E-state index contributed by atoms with van der Waals surface area (Å²) in [6.07, 6.45) is 0.485. The number of benzene rings is 1. The fourth-order valence-corrected chi connectivity index (χ4v) is 3.63. The lowest BCUT2D eigenvalue weighted by molar-refractivity contribution is -0.132. The molecule has 1 amide bonds. The molecule has 2 heterocycles. The van der Waals surface area contributed by atoms with Crippen molar-refractivity contribution in [3.05, 3.63) is 46.7 Å². The molecule has 1 aromatic carbocycles. The summed E-state index contributed by atoms with van der Waals surface area (Å²) in [6, 6.07) is 10.0. The highest BCUT2D eigenvalue weighted by Crippen LogP contribution is 2.22. The molecule has 134 valence electrons. The topological polar surface area (TPSA) is 41.4 Å². The summed E-state index contributed by atoms with van der Waals surface area (Å²) in [6.45, 7) is 9.22. The Labute approximate surface area is 154 Å². The quantitative estimate of drug-likeness (QED) is 0.838. The molecule has 1 saturated heterocycles. The summed E-state index contributed by atoms with van der Waals surface area (Å²) >= 11 is 6.07. The lowest BCUT2D eigenvalue weighted by atomic mass is 10.2. The Hall–Kier alpha value is -2.01. The standard InChI is InChI=1S/C19H25ClN4O/c1-14-11-15(2)24(21-14)16(3)12-19(25)23-9-7-22(8-10-23)18-6-4-5-17(20)13-18/h4-6,11,13,16H,7-10,12H2,1-3H3/t16-/m0/s1. The smallest absolute Gasteiger partial charge is 0.224 e. The van der Waals surface area contributed by atoms with Gasteiger partial charge in [-0.05, 0) is 45.0 Å². The Balaban J connectivity index is 1.55. The first-order chi connectivity index (χ1) is 11.9. The van der Waals surface area contributed by atoms with Gasteiger partial charge in [0.15, 0.2) is 0 Å². The minimum atomic E-state index is 0.0761. The number of rotatable bonds is 4. The van der Waals surface area contributed by atoms with E-state index in [-0.39, 0.29) is 11.9 Å². The van der Waals surface area contributed by atoms with Gasteiger partial charge in [0, 0.05) is 49.0 Å². The SMILES string of the molecule is Cc1cc(C)n([C@@H](C)CC(=O)N2CCN(c3cccc(Cl)c3)CC2)n1. The molecule has 6 heteroatoms. The van der Waals surface area contributed by atoms with Gasteiger partial charge in [0.25, 0.3) is 0 Å². The molecule has 0 spiro atoms. The molecule has 1 aliphatic rings. The number of anilines is 1. The van der Waals surface area contributed by atoms with Gasteiger partial charge >= 0.3 is 0 Å². The van der Waals surface area contributed by atoms with Crippen LogP contribution in [0, 0.1) is 13.8 Å². The van der Waals surface area contributed by atoms with Gasteiger partial charge in [0.05, 0.1) is 11.7 Å². The second-order valence-electron chi connectivity index (χ2n) is 6.77. The Morgan fingerprint density at radius 1 is 1.20 bits per heavy atom. The van der Waals surface area contributed by atoms with E-state index in [4.69, 9.17) is 11.6 Å². The van der Waals surface area contributed by atoms with Crippen LogP contribution in [0.25, 0.3) is 0 Å². The highest BCUT2D eigenvalue weighted by Gasteiger charge is 2.23. The maximum absolute atomic E-state index is 12.6. The van der Waals surface area contributed by atoms with Crippen LogP contribution in [0.2, 0.25) is 5.02 Å². The molecule has 1 fully saturated rings. The Morgan fingerprint density at radius 3 is 2.52 bits per heavy atom. The fourth-order valence-electron chi connectivity index (χ4n) is 3.45.